The lowest BCUT2D eigenvalue weighted by Crippen LogP contribution is -2.45. The number of aryl methyl sites for hydroxylation is 1. The summed E-state index contributed by atoms with van der Waals surface area (Å²) in [6.07, 6.45) is 9.61. The number of amides is 7. The Hall–Kier alpha value is -9.14. The number of urea groups is 1. The Kier molecular flexibility index (Phi) is 18.4. The van der Waals surface area contributed by atoms with Crippen LogP contribution < -0.4 is 21.7 Å². The van der Waals surface area contributed by atoms with E-state index < -0.39 is 30.0 Å². The van der Waals surface area contributed by atoms with Crippen LogP contribution >= 0.6 is 0 Å². The topological polar surface area (TPSA) is 282 Å². The van der Waals surface area contributed by atoms with Crippen LogP contribution in [0.5, 0.6) is 0 Å². The molecule has 7 aromatic rings. The zero-order valence-corrected chi connectivity index (χ0v) is 43.8. The first-order valence-electron chi connectivity index (χ1n) is 26.0. The van der Waals surface area contributed by atoms with Gasteiger partial charge in [-0.2, -0.15) is 5.10 Å². The van der Waals surface area contributed by atoms with Crippen molar-refractivity contribution < 1.29 is 38.3 Å². The number of Topliss-reactive ketones (excluding diaryl/α,β-unsaturated/α-hetero) is 1. The Balaban J connectivity index is 0.921. The van der Waals surface area contributed by atoms with Gasteiger partial charge in [0.2, 0.25) is 11.8 Å². The highest BCUT2D eigenvalue weighted by Crippen LogP contribution is 2.30. The van der Waals surface area contributed by atoms with E-state index >= 15 is 0 Å². The van der Waals surface area contributed by atoms with Crippen LogP contribution in [-0.2, 0) is 48.3 Å². The number of rotatable bonds is 26. The standard InChI is InChI=1S/C57H63N13O8/c1-36(2)52(67-49(72)17-5-4-6-29-69-50(73)24-25-51(69)74)46(71)31-40(13-9-28-60-56(58)76)55(75)64-42-21-18-38(19-22-42)34-78-57(77)68(30-26-39-12-8-15-44-43(39)14-10-27-59-44)33-47-65-53(41-20-23-48-61-35-62-70(48)32-41)54(66-47)45-16-7-11-37(3)63-45/h7-8,10-12,14-16,18-25,27,32,35-36,40,52H,4-6,9,13,17,26,28-31,33-34H2,1-3H3,(H,64,75)(H,65,66)(H,67,72)(H3,58,60,76)/t40-,52+/m1/s1. The summed E-state index contributed by atoms with van der Waals surface area (Å²) in [7, 11) is 0. The van der Waals surface area contributed by atoms with E-state index in [0.717, 1.165) is 32.6 Å². The average Bonchev–Trinajstić information content (AvgIpc) is 4.18. The molecule has 78 heavy (non-hydrogen) atoms. The molecule has 0 aliphatic carbocycles. The Morgan fingerprint density at radius 2 is 1.65 bits per heavy atom. The van der Waals surface area contributed by atoms with Gasteiger partial charge in [0.1, 0.15) is 18.8 Å². The molecule has 0 saturated carbocycles. The van der Waals surface area contributed by atoms with E-state index in [1.54, 1.807) is 39.9 Å². The van der Waals surface area contributed by atoms with E-state index in [4.69, 9.17) is 20.4 Å². The molecule has 7 amide bonds. The Bertz CT molecular complexity index is 3310. The summed E-state index contributed by atoms with van der Waals surface area (Å²) in [4.78, 5) is 115. The second kappa shape index (κ2) is 26.1. The third kappa shape index (κ3) is 14.6. The first kappa shape index (κ1) is 55.1. The van der Waals surface area contributed by atoms with Crippen molar-refractivity contribution in [1.29, 1.82) is 0 Å². The molecule has 404 valence electrons. The number of pyridine rings is 3. The van der Waals surface area contributed by atoms with Crippen molar-refractivity contribution in [3.63, 3.8) is 0 Å². The predicted molar refractivity (Wildman–Crippen MR) is 291 cm³/mol. The third-order valence-corrected chi connectivity index (χ3v) is 13.4. The fourth-order valence-electron chi connectivity index (χ4n) is 9.26. The van der Waals surface area contributed by atoms with Gasteiger partial charge in [0.25, 0.3) is 11.8 Å². The number of benzene rings is 2. The molecule has 2 atom stereocenters. The van der Waals surface area contributed by atoms with Gasteiger partial charge in [-0.1, -0.05) is 56.7 Å². The van der Waals surface area contributed by atoms with Crippen molar-refractivity contribution in [3.8, 4) is 22.6 Å². The van der Waals surface area contributed by atoms with Crippen LogP contribution in [0.1, 0.15) is 81.4 Å². The van der Waals surface area contributed by atoms with Gasteiger partial charge < -0.3 is 36.3 Å². The summed E-state index contributed by atoms with van der Waals surface area (Å²) in [6, 6.07) is 24.5. The monoisotopic (exact) mass is 1060 g/mol. The van der Waals surface area contributed by atoms with Crippen LogP contribution in [0, 0.1) is 18.8 Å². The molecular weight excluding hydrogens is 995 g/mol. The number of ketones is 1. The number of unbranched alkanes of at least 4 members (excludes halogenated alkanes) is 2. The molecule has 0 saturated heterocycles. The van der Waals surface area contributed by atoms with Crippen molar-refractivity contribution in [3.05, 3.63) is 138 Å². The van der Waals surface area contributed by atoms with Gasteiger partial charge in [-0.05, 0) is 105 Å². The number of imide groups is 1. The summed E-state index contributed by atoms with van der Waals surface area (Å²) in [6.45, 7) is 6.24. The number of aromatic amines is 1. The second-order valence-corrected chi connectivity index (χ2v) is 19.5. The zero-order valence-electron chi connectivity index (χ0n) is 43.8. The molecule has 21 heteroatoms. The normalized spacial score (nSPS) is 13.0. The Morgan fingerprint density at radius 1 is 0.859 bits per heavy atom. The van der Waals surface area contributed by atoms with Crippen molar-refractivity contribution in [2.24, 2.45) is 17.6 Å². The number of nitrogens with two attached hydrogens (primary N) is 1. The lowest BCUT2D eigenvalue weighted by molar-refractivity contribution is -0.137. The van der Waals surface area contributed by atoms with Gasteiger partial charge >= 0.3 is 12.1 Å². The van der Waals surface area contributed by atoms with Gasteiger partial charge in [0, 0.05) is 85.3 Å². The van der Waals surface area contributed by atoms with E-state index in [2.05, 4.69) is 36.0 Å². The first-order chi connectivity index (χ1) is 37.7. The van der Waals surface area contributed by atoms with Crippen LogP contribution in [0.25, 0.3) is 39.2 Å². The van der Waals surface area contributed by atoms with Crippen LogP contribution in [0.4, 0.5) is 15.3 Å². The number of H-pyrrole nitrogens is 1. The molecule has 1 aliphatic rings. The Labute approximate surface area is 450 Å². The largest absolute Gasteiger partial charge is 0.445 e. The second-order valence-electron chi connectivity index (χ2n) is 19.5. The van der Waals surface area contributed by atoms with Gasteiger partial charge in [0.05, 0.1) is 35.2 Å². The number of ether oxygens (including phenoxy) is 1. The number of hydrogen-bond acceptors (Lipinski definition) is 13. The van der Waals surface area contributed by atoms with E-state index in [1.165, 1.54) is 18.5 Å². The minimum absolute atomic E-state index is 0.0663. The summed E-state index contributed by atoms with van der Waals surface area (Å²) in [5, 5.41) is 13.6. The predicted octanol–water partition coefficient (Wildman–Crippen LogP) is 7.01. The van der Waals surface area contributed by atoms with Gasteiger partial charge in [0.15, 0.2) is 11.4 Å². The quantitative estimate of drug-likeness (QED) is 0.0270. The van der Waals surface area contributed by atoms with Crippen molar-refractivity contribution in [2.75, 3.05) is 25.0 Å². The number of carbonyl (C=O) groups excluding carboxylic acids is 7. The lowest BCUT2D eigenvalue weighted by Gasteiger charge is -2.24. The van der Waals surface area contributed by atoms with E-state index in [1.807, 2.05) is 87.6 Å². The molecule has 6 heterocycles. The maximum Gasteiger partial charge on any atom is 0.410 e. The number of hydrogen-bond donors (Lipinski definition) is 5. The lowest BCUT2D eigenvalue weighted by atomic mass is 9.89. The molecule has 6 N–H and O–H groups in total. The van der Waals surface area contributed by atoms with E-state index in [-0.39, 0.29) is 81.5 Å². The van der Waals surface area contributed by atoms with Gasteiger partial charge in [-0.15, -0.1) is 0 Å². The number of aromatic nitrogens is 7. The van der Waals surface area contributed by atoms with Gasteiger partial charge in [-0.25, -0.2) is 24.1 Å². The molecule has 2 aromatic carbocycles. The molecule has 21 nitrogen and oxygen atoms in total. The van der Waals surface area contributed by atoms with Crippen LogP contribution in [0.2, 0.25) is 0 Å². The third-order valence-electron chi connectivity index (χ3n) is 13.4. The number of carbonyl (C=O) groups is 7. The summed E-state index contributed by atoms with van der Waals surface area (Å²) in [5.74, 6) is -2.37. The van der Waals surface area contributed by atoms with Crippen LogP contribution in [0.15, 0.2) is 116 Å². The van der Waals surface area contributed by atoms with Crippen molar-refractivity contribution in [2.45, 2.75) is 91.3 Å². The number of nitrogens with one attached hydrogen (secondary N) is 4. The van der Waals surface area contributed by atoms with Crippen LogP contribution in [0.3, 0.4) is 0 Å². The highest BCUT2D eigenvalue weighted by atomic mass is 16.6. The molecular formula is C57H63N13O8. The number of fused-ring (bicyclic) bond motifs is 2. The maximum atomic E-state index is 14.3. The molecule has 8 rings (SSSR count). The molecule has 0 bridgehead atoms. The summed E-state index contributed by atoms with van der Waals surface area (Å²) in [5.41, 5.74) is 12.4. The Morgan fingerprint density at radius 3 is 2.42 bits per heavy atom. The first-order valence-corrected chi connectivity index (χ1v) is 26.0. The molecule has 0 spiro atoms. The molecule has 1 aliphatic heterocycles. The number of imidazole rings is 1. The average molecular weight is 1060 g/mol. The number of nitrogens with zero attached hydrogens (tertiary/aromatic N) is 8. The summed E-state index contributed by atoms with van der Waals surface area (Å²) < 4.78 is 7.65. The van der Waals surface area contributed by atoms with Crippen LogP contribution in [-0.4, -0.2) is 112 Å². The maximum absolute atomic E-state index is 14.3. The van der Waals surface area contributed by atoms with E-state index in [9.17, 15) is 33.6 Å². The van der Waals surface area contributed by atoms with Crippen molar-refractivity contribution in [1.82, 2.24) is 55.0 Å². The highest BCUT2D eigenvalue weighted by molar-refractivity contribution is 6.12. The number of primary amides is 1. The smallest absolute Gasteiger partial charge is 0.410 e. The molecule has 5 aromatic heterocycles. The summed E-state index contributed by atoms with van der Waals surface area (Å²) >= 11 is 0. The van der Waals surface area contributed by atoms with E-state index in [0.29, 0.717) is 71.9 Å². The van der Waals surface area contributed by atoms with Gasteiger partial charge in [-0.3, -0.25) is 38.8 Å². The zero-order chi connectivity index (χ0) is 55.1. The SMILES string of the molecule is Cc1cccc(-c2[nH]c(CN(CCc3cccc4ncccc34)C(=O)OCc3ccc(NC(=O)[C@H](CCCNC(N)=O)CC(=O)[C@@H](NC(=O)CCCCCN4C(=O)C=CC4=O)C(C)C)cc3)nc2-c2ccc3ncnn3c2)n1. The minimum atomic E-state index is -0.859. The minimum Gasteiger partial charge on any atom is -0.445 e. The molecule has 0 fully saturated rings. The highest BCUT2D eigenvalue weighted by Gasteiger charge is 2.30. The number of anilines is 1. The molecule has 0 unspecified atom stereocenters. The molecule has 0 radical (unpaired) electrons. The fraction of sp³-hybridized carbons (Fsp3) is 0.333. The van der Waals surface area contributed by atoms with Crippen molar-refractivity contribution >= 4 is 63.8 Å². The fourth-order valence-corrected chi connectivity index (χ4v) is 9.26.